The molecule has 1 saturated heterocycles. The smallest absolute Gasteiger partial charge is 0.303 e. The van der Waals surface area contributed by atoms with E-state index in [4.69, 9.17) is 0 Å². The first-order chi connectivity index (χ1) is 6.45. The number of hydrogen-bond donors (Lipinski definition) is 0. The molecule has 1 heterocycles. The maximum atomic E-state index is 12.8. The molecule has 1 aliphatic heterocycles. The Morgan fingerprint density at radius 3 is 2.71 bits per heavy atom. The highest BCUT2D eigenvalue weighted by Crippen LogP contribution is 2.24. The molecule has 0 aromatic heterocycles. The van der Waals surface area contributed by atoms with Crippen LogP contribution in [0.3, 0.4) is 0 Å². The van der Waals surface area contributed by atoms with E-state index in [1.165, 1.54) is 6.92 Å². The molecule has 0 aromatic carbocycles. The summed E-state index contributed by atoms with van der Waals surface area (Å²) in [5.41, 5.74) is 0. The van der Waals surface area contributed by atoms with Gasteiger partial charge in [0.05, 0.1) is 5.25 Å². The van der Waals surface area contributed by atoms with Crippen LogP contribution in [0.15, 0.2) is 0 Å². The van der Waals surface area contributed by atoms with E-state index in [9.17, 15) is 12.3 Å². The predicted molar refractivity (Wildman–Crippen MR) is 54.3 cm³/mol. The molecule has 84 valence electrons. The van der Waals surface area contributed by atoms with Crippen LogP contribution >= 0.6 is 0 Å². The number of likely N-dealkylation sites (tertiary alicyclic amines) is 1. The lowest BCUT2D eigenvalue weighted by Crippen LogP contribution is -2.40. The summed E-state index contributed by atoms with van der Waals surface area (Å²) in [6.45, 7) is 6.14. The van der Waals surface area contributed by atoms with Crippen molar-refractivity contribution in [1.29, 1.82) is 0 Å². The van der Waals surface area contributed by atoms with E-state index in [-0.39, 0.29) is 5.92 Å². The summed E-state index contributed by atoms with van der Waals surface area (Å²) in [7, 11) is -4.36. The summed E-state index contributed by atoms with van der Waals surface area (Å²) in [6.07, 6.45) is 1.79. The zero-order chi connectivity index (χ0) is 10.8. The van der Waals surface area contributed by atoms with Crippen LogP contribution in [0.2, 0.25) is 0 Å². The molecule has 1 rings (SSSR count). The van der Waals surface area contributed by atoms with E-state index in [1.807, 2.05) is 6.92 Å². The molecule has 1 aliphatic rings. The molecule has 0 amide bonds. The summed E-state index contributed by atoms with van der Waals surface area (Å²) in [5, 5.41) is -0.850. The van der Waals surface area contributed by atoms with E-state index in [0.29, 0.717) is 6.54 Å². The third kappa shape index (κ3) is 2.92. The molecule has 14 heavy (non-hydrogen) atoms. The van der Waals surface area contributed by atoms with Gasteiger partial charge in [0, 0.05) is 6.54 Å². The lowest BCUT2D eigenvalue weighted by atomic mass is 9.95. The van der Waals surface area contributed by atoms with E-state index in [0.717, 1.165) is 25.9 Å². The molecule has 0 saturated carbocycles. The van der Waals surface area contributed by atoms with Crippen LogP contribution in [0, 0.1) is 5.92 Å². The normalized spacial score (nSPS) is 27.5. The van der Waals surface area contributed by atoms with Gasteiger partial charge >= 0.3 is 10.2 Å². The maximum Gasteiger partial charge on any atom is 0.305 e. The Balaban J connectivity index is 2.60. The predicted octanol–water partition coefficient (Wildman–Crippen LogP) is 1.41. The van der Waals surface area contributed by atoms with E-state index < -0.39 is 15.5 Å². The van der Waals surface area contributed by atoms with Gasteiger partial charge in [-0.05, 0) is 38.8 Å². The van der Waals surface area contributed by atoms with Crippen molar-refractivity contribution < 1.29 is 12.3 Å². The van der Waals surface area contributed by atoms with Crippen LogP contribution in [-0.4, -0.2) is 38.2 Å². The monoisotopic (exact) mass is 223 g/mol. The van der Waals surface area contributed by atoms with Gasteiger partial charge in [-0.25, -0.2) is 0 Å². The van der Waals surface area contributed by atoms with Crippen LogP contribution in [0.5, 0.6) is 0 Å². The van der Waals surface area contributed by atoms with E-state index >= 15 is 0 Å². The van der Waals surface area contributed by atoms with Crippen molar-refractivity contribution in [1.82, 2.24) is 4.90 Å². The highest BCUT2D eigenvalue weighted by atomic mass is 32.3. The zero-order valence-electron chi connectivity index (χ0n) is 8.74. The third-order valence-corrected chi connectivity index (χ3v) is 4.37. The molecule has 0 aromatic rings. The zero-order valence-corrected chi connectivity index (χ0v) is 9.56. The fraction of sp³-hybridized carbons (Fsp3) is 1.00. The summed E-state index contributed by atoms with van der Waals surface area (Å²) >= 11 is 0. The van der Waals surface area contributed by atoms with Crippen LogP contribution < -0.4 is 0 Å². The van der Waals surface area contributed by atoms with Crippen molar-refractivity contribution >= 4 is 10.2 Å². The number of rotatable bonds is 3. The molecule has 1 fully saturated rings. The van der Waals surface area contributed by atoms with Crippen LogP contribution in [-0.2, 0) is 10.2 Å². The molecule has 0 N–H and O–H groups in total. The van der Waals surface area contributed by atoms with Gasteiger partial charge in [0.1, 0.15) is 0 Å². The average Bonchev–Trinajstić information content (AvgIpc) is 2.15. The number of nitrogens with zero attached hydrogens (tertiary/aromatic N) is 1. The first kappa shape index (κ1) is 11.9. The quantitative estimate of drug-likeness (QED) is 0.679. The Labute approximate surface area is 85.5 Å². The summed E-state index contributed by atoms with van der Waals surface area (Å²) in [6, 6.07) is 0. The number of halogens is 1. The molecule has 2 unspecified atom stereocenters. The topological polar surface area (TPSA) is 37.4 Å². The van der Waals surface area contributed by atoms with Gasteiger partial charge in [0.2, 0.25) is 0 Å². The minimum atomic E-state index is -4.36. The van der Waals surface area contributed by atoms with Gasteiger partial charge < -0.3 is 4.90 Å². The largest absolute Gasteiger partial charge is 0.305 e. The second-order valence-electron chi connectivity index (χ2n) is 3.98. The van der Waals surface area contributed by atoms with Gasteiger partial charge in [0.15, 0.2) is 0 Å². The maximum absolute atomic E-state index is 12.8. The van der Waals surface area contributed by atoms with Crippen LogP contribution in [0.25, 0.3) is 0 Å². The molecule has 0 bridgehead atoms. The van der Waals surface area contributed by atoms with Crippen LogP contribution in [0.4, 0.5) is 3.89 Å². The van der Waals surface area contributed by atoms with Gasteiger partial charge in [-0.15, -0.1) is 3.89 Å². The molecule has 2 atom stereocenters. The van der Waals surface area contributed by atoms with Crippen LogP contribution in [0.1, 0.15) is 26.7 Å². The standard InChI is InChI=1S/C9H18FNO2S/c1-3-11-6-4-5-9(7-11)8(2)14(10,12)13/h8-9H,3-7H2,1-2H3. The third-order valence-electron chi connectivity index (χ3n) is 3.10. The molecular formula is C9H18FNO2S. The Bertz CT molecular complexity index is 279. The lowest BCUT2D eigenvalue weighted by Gasteiger charge is -2.33. The number of piperidine rings is 1. The number of hydrogen-bond acceptors (Lipinski definition) is 3. The fourth-order valence-electron chi connectivity index (χ4n) is 1.99. The Hall–Kier alpha value is -0.160. The summed E-state index contributed by atoms with van der Waals surface area (Å²) < 4.78 is 34.2. The molecule has 0 aliphatic carbocycles. The van der Waals surface area contributed by atoms with Gasteiger partial charge in [-0.2, -0.15) is 8.42 Å². The Morgan fingerprint density at radius 2 is 2.21 bits per heavy atom. The fourth-order valence-corrected chi connectivity index (χ4v) is 2.67. The molecular weight excluding hydrogens is 205 g/mol. The van der Waals surface area contributed by atoms with Crippen molar-refractivity contribution in [2.45, 2.75) is 31.9 Å². The summed E-state index contributed by atoms with van der Waals surface area (Å²) in [4.78, 5) is 2.18. The highest BCUT2D eigenvalue weighted by Gasteiger charge is 2.32. The highest BCUT2D eigenvalue weighted by molar-refractivity contribution is 7.87. The molecule has 3 nitrogen and oxygen atoms in total. The minimum absolute atomic E-state index is 0.0429. The minimum Gasteiger partial charge on any atom is -0.303 e. The molecule has 0 spiro atoms. The SMILES string of the molecule is CCN1CCCC(C(C)S(=O)(=O)F)C1. The summed E-state index contributed by atoms with van der Waals surface area (Å²) in [5.74, 6) is -0.0429. The lowest BCUT2D eigenvalue weighted by molar-refractivity contribution is 0.180. The second kappa shape index (κ2) is 4.57. The van der Waals surface area contributed by atoms with Gasteiger partial charge in [-0.1, -0.05) is 6.92 Å². The van der Waals surface area contributed by atoms with Crippen molar-refractivity contribution in [3.8, 4) is 0 Å². The van der Waals surface area contributed by atoms with E-state index in [1.54, 1.807) is 0 Å². The first-order valence-electron chi connectivity index (χ1n) is 5.11. The Morgan fingerprint density at radius 1 is 1.57 bits per heavy atom. The van der Waals surface area contributed by atoms with Crippen molar-refractivity contribution in [2.75, 3.05) is 19.6 Å². The Kier molecular flexibility index (Phi) is 3.89. The first-order valence-corrected chi connectivity index (χ1v) is 6.55. The average molecular weight is 223 g/mol. The van der Waals surface area contributed by atoms with Crippen molar-refractivity contribution in [3.05, 3.63) is 0 Å². The van der Waals surface area contributed by atoms with Crippen molar-refractivity contribution in [3.63, 3.8) is 0 Å². The molecule has 0 radical (unpaired) electrons. The van der Waals surface area contributed by atoms with Crippen molar-refractivity contribution in [2.24, 2.45) is 5.92 Å². The van der Waals surface area contributed by atoms with Gasteiger partial charge in [-0.3, -0.25) is 0 Å². The van der Waals surface area contributed by atoms with E-state index in [2.05, 4.69) is 4.90 Å². The van der Waals surface area contributed by atoms with Gasteiger partial charge in [0.25, 0.3) is 0 Å². The second-order valence-corrected chi connectivity index (χ2v) is 5.67. The molecule has 5 heteroatoms.